The van der Waals surface area contributed by atoms with E-state index < -0.39 is 0 Å². The van der Waals surface area contributed by atoms with E-state index >= 15 is 0 Å². The summed E-state index contributed by atoms with van der Waals surface area (Å²) < 4.78 is 6.44. The molecule has 22 heavy (non-hydrogen) atoms. The van der Waals surface area contributed by atoms with Crippen molar-refractivity contribution in [3.63, 3.8) is 0 Å². The number of ether oxygens (including phenoxy) is 1. The first-order chi connectivity index (χ1) is 10.5. The second-order valence-electron chi connectivity index (χ2n) is 5.75. The average Bonchev–Trinajstić information content (AvgIpc) is 2.91. The largest absolute Gasteiger partial charge is 0.379 e. The summed E-state index contributed by atoms with van der Waals surface area (Å²) in [6, 6.07) is 4.13. The zero-order valence-corrected chi connectivity index (χ0v) is 15.5. The molecular weight excluding hydrogens is 364 g/mol. The van der Waals surface area contributed by atoms with Crippen LogP contribution in [-0.4, -0.2) is 49.7 Å². The smallest absolute Gasteiger partial charge is 0.244 e. The van der Waals surface area contributed by atoms with Gasteiger partial charge in [0.15, 0.2) is 0 Å². The van der Waals surface area contributed by atoms with Gasteiger partial charge in [-0.25, -0.2) is 0 Å². The molecule has 0 spiro atoms. The van der Waals surface area contributed by atoms with Crippen molar-refractivity contribution in [1.82, 2.24) is 10.2 Å². The van der Waals surface area contributed by atoms with E-state index in [0.29, 0.717) is 5.92 Å². The SMILES string of the molecule is CC(C)C(CN1CCOCC1)NC(=O)C=Cc1ccc(Br)s1. The molecule has 4 nitrogen and oxygen atoms in total. The van der Waals surface area contributed by atoms with Gasteiger partial charge in [-0.15, -0.1) is 11.3 Å². The minimum atomic E-state index is -0.0310. The third-order valence-corrected chi connectivity index (χ3v) is 5.27. The summed E-state index contributed by atoms with van der Waals surface area (Å²) in [7, 11) is 0. The van der Waals surface area contributed by atoms with E-state index in [-0.39, 0.29) is 11.9 Å². The number of carbonyl (C=O) groups is 1. The fourth-order valence-electron chi connectivity index (χ4n) is 2.29. The lowest BCUT2D eigenvalue weighted by Crippen LogP contribution is -2.49. The van der Waals surface area contributed by atoms with Gasteiger partial charge in [0.1, 0.15) is 0 Å². The number of carbonyl (C=O) groups excluding carboxylic acids is 1. The van der Waals surface area contributed by atoms with Crippen LogP contribution < -0.4 is 5.32 Å². The third-order valence-electron chi connectivity index (χ3n) is 3.68. The van der Waals surface area contributed by atoms with Crippen LogP contribution in [-0.2, 0) is 9.53 Å². The van der Waals surface area contributed by atoms with Crippen molar-refractivity contribution in [3.05, 3.63) is 26.9 Å². The number of amides is 1. The highest BCUT2D eigenvalue weighted by atomic mass is 79.9. The van der Waals surface area contributed by atoms with E-state index in [1.54, 1.807) is 17.4 Å². The second-order valence-corrected chi connectivity index (χ2v) is 8.24. The first-order valence-electron chi connectivity index (χ1n) is 7.58. The first kappa shape index (κ1) is 17.7. The predicted octanol–water partition coefficient (Wildman–Crippen LogP) is 3.00. The maximum absolute atomic E-state index is 12.1. The molecule has 1 saturated heterocycles. The molecule has 1 N–H and O–H groups in total. The number of morpholine rings is 1. The molecular formula is C16H23BrN2O2S. The number of halogens is 1. The maximum Gasteiger partial charge on any atom is 0.244 e. The lowest BCUT2D eigenvalue weighted by molar-refractivity contribution is -0.117. The molecule has 1 fully saturated rings. The molecule has 1 aromatic rings. The molecule has 1 amide bonds. The zero-order chi connectivity index (χ0) is 15.9. The maximum atomic E-state index is 12.1. The molecule has 1 unspecified atom stereocenters. The van der Waals surface area contributed by atoms with Crippen molar-refractivity contribution < 1.29 is 9.53 Å². The van der Waals surface area contributed by atoms with Crippen molar-refractivity contribution in [3.8, 4) is 0 Å². The average molecular weight is 387 g/mol. The van der Waals surface area contributed by atoms with E-state index in [1.165, 1.54) is 0 Å². The summed E-state index contributed by atoms with van der Waals surface area (Å²) in [5.74, 6) is 0.368. The summed E-state index contributed by atoms with van der Waals surface area (Å²) >= 11 is 5.03. The van der Waals surface area contributed by atoms with Crippen molar-refractivity contribution in [2.75, 3.05) is 32.8 Å². The Bertz CT molecular complexity index is 510. The molecule has 2 heterocycles. The van der Waals surface area contributed by atoms with E-state index in [2.05, 4.69) is 40.0 Å². The quantitative estimate of drug-likeness (QED) is 0.763. The minimum absolute atomic E-state index is 0.0310. The van der Waals surface area contributed by atoms with Gasteiger partial charge in [0.05, 0.1) is 17.0 Å². The lowest BCUT2D eigenvalue weighted by atomic mass is 10.0. The normalized spacial score (nSPS) is 18.0. The van der Waals surface area contributed by atoms with E-state index in [0.717, 1.165) is 41.5 Å². The summed E-state index contributed by atoms with van der Waals surface area (Å²) in [5.41, 5.74) is 0. The molecule has 1 aliphatic rings. The molecule has 1 atom stereocenters. The third kappa shape index (κ3) is 5.83. The van der Waals surface area contributed by atoms with Gasteiger partial charge in [0, 0.05) is 36.6 Å². The monoisotopic (exact) mass is 386 g/mol. The van der Waals surface area contributed by atoms with Crippen LogP contribution in [0.25, 0.3) is 6.08 Å². The molecule has 6 heteroatoms. The summed E-state index contributed by atoms with van der Waals surface area (Å²) in [5, 5.41) is 3.13. The summed E-state index contributed by atoms with van der Waals surface area (Å²) in [6.45, 7) is 8.62. The summed E-state index contributed by atoms with van der Waals surface area (Å²) in [6.07, 6.45) is 3.48. The van der Waals surface area contributed by atoms with Crippen LogP contribution >= 0.6 is 27.3 Å². The molecule has 0 bridgehead atoms. The van der Waals surface area contributed by atoms with Gasteiger partial charge in [-0.05, 0) is 40.1 Å². The van der Waals surface area contributed by atoms with Gasteiger partial charge in [-0.2, -0.15) is 0 Å². The van der Waals surface area contributed by atoms with Crippen LogP contribution in [0.15, 0.2) is 22.0 Å². The topological polar surface area (TPSA) is 41.6 Å². The molecule has 0 radical (unpaired) electrons. The fourth-order valence-corrected chi connectivity index (χ4v) is 3.62. The van der Waals surface area contributed by atoms with Gasteiger partial charge in [0.25, 0.3) is 0 Å². The Balaban J connectivity index is 1.86. The number of hydrogen-bond acceptors (Lipinski definition) is 4. The number of nitrogens with one attached hydrogen (secondary N) is 1. The number of hydrogen-bond donors (Lipinski definition) is 1. The molecule has 0 aliphatic carbocycles. The Morgan fingerprint density at radius 1 is 1.45 bits per heavy atom. The van der Waals surface area contributed by atoms with Crippen LogP contribution in [0.5, 0.6) is 0 Å². The van der Waals surface area contributed by atoms with Crippen molar-refractivity contribution in [2.24, 2.45) is 5.92 Å². The minimum Gasteiger partial charge on any atom is -0.379 e. The Hall–Kier alpha value is -0.690. The van der Waals surface area contributed by atoms with Crippen LogP contribution in [0, 0.1) is 5.92 Å². The fraction of sp³-hybridized carbons (Fsp3) is 0.562. The van der Waals surface area contributed by atoms with Gasteiger partial charge in [-0.1, -0.05) is 13.8 Å². The van der Waals surface area contributed by atoms with Crippen LogP contribution in [0.2, 0.25) is 0 Å². The van der Waals surface area contributed by atoms with Gasteiger partial charge >= 0.3 is 0 Å². The summed E-state index contributed by atoms with van der Waals surface area (Å²) in [4.78, 5) is 15.6. The number of rotatable bonds is 6. The Morgan fingerprint density at radius 3 is 2.77 bits per heavy atom. The van der Waals surface area contributed by atoms with Gasteiger partial charge < -0.3 is 10.1 Å². The first-order valence-corrected chi connectivity index (χ1v) is 9.19. The second kappa shape index (κ2) is 8.82. The molecule has 1 aromatic heterocycles. The molecule has 122 valence electrons. The number of nitrogens with zero attached hydrogens (tertiary/aromatic N) is 1. The van der Waals surface area contributed by atoms with Crippen molar-refractivity contribution in [1.29, 1.82) is 0 Å². The Kier molecular flexibility index (Phi) is 7.08. The standard InChI is InChI=1S/C16H23BrN2O2S/c1-12(2)14(11-19-7-9-21-10-8-19)18-16(20)6-4-13-3-5-15(17)22-13/h3-6,12,14H,7-11H2,1-2H3,(H,18,20). The molecule has 0 saturated carbocycles. The van der Waals surface area contributed by atoms with Crippen LogP contribution in [0.4, 0.5) is 0 Å². The van der Waals surface area contributed by atoms with Crippen LogP contribution in [0.1, 0.15) is 18.7 Å². The van der Waals surface area contributed by atoms with Gasteiger partial charge in [0.2, 0.25) is 5.91 Å². The predicted molar refractivity (Wildman–Crippen MR) is 95.1 cm³/mol. The van der Waals surface area contributed by atoms with Gasteiger partial charge in [-0.3, -0.25) is 9.69 Å². The van der Waals surface area contributed by atoms with E-state index in [4.69, 9.17) is 4.74 Å². The zero-order valence-electron chi connectivity index (χ0n) is 13.0. The highest BCUT2D eigenvalue weighted by Gasteiger charge is 2.20. The number of thiophene rings is 1. The van der Waals surface area contributed by atoms with E-state index in [9.17, 15) is 4.79 Å². The highest BCUT2D eigenvalue weighted by molar-refractivity contribution is 9.11. The lowest BCUT2D eigenvalue weighted by Gasteiger charge is -2.32. The van der Waals surface area contributed by atoms with Crippen LogP contribution in [0.3, 0.4) is 0 Å². The highest BCUT2D eigenvalue weighted by Crippen LogP contribution is 2.22. The van der Waals surface area contributed by atoms with Crippen molar-refractivity contribution in [2.45, 2.75) is 19.9 Å². The van der Waals surface area contributed by atoms with Crippen molar-refractivity contribution >= 4 is 39.2 Å². The molecule has 2 rings (SSSR count). The molecule has 0 aromatic carbocycles. The van der Waals surface area contributed by atoms with E-state index in [1.807, 2.05) is 18.2 Å². The Morgan fingerprint density at radius 2 is 2.18 bits per heavy atom. The Labute approximate surface area is 144 Å². The molecule has 1 aliphatic heterocycles.